The third kappa shape index (κ3) is 5.76. The monoisotopic (exact) mass is 251 g/mol. The normalized spacial score (nSPS) is 21.1. The molecule has 1 aliphatic carbocycles. The molecule has 0 heterocycles. The van der Waals surface area contributed by atoms with Crippen LogP contribution in [0.5, 0.6) is 0 Å². The summed E-state index contributed by atoms with van der Waals surface area (Å²) in [6, 6.07) is 0.0799. The van der Waals surface area contributed by atoms with Crippen molar-refractivity contribution in [3.63, 3.8) is 0 Å². The van der Waals surface area contributed by atoms with Gasteiger partial charge in [-0.15, -0.1) is 0 Å². The largest absolute Gasteiger partial charge is 0.387 e. The summed E-state index contributed by atoms with van der Waals surface area (Å²) in [5.74, 6) is 0. The van der Waals surface area contributed by atoms with E-state index in [0.717, 1.165) is 12.8 Å². The van der Waals surface area contributed by atoms with Crippen molar-refractivity contribution in [2.45, 2.75) is 31.4 Å². The standard InChI is InChI=1S/C9H21N3O3S/c1-9(13,7-12(2)3)6-10-16(14,15)11-8-4-5-8/h8,10-11,13H,4-7H2,1-3H3. The molecule has 16 heavy (non-hydrogen) atoms. The van der Waals surface area contributed by atoms with E-state index in [1.165, 1.54) is 0 Å². The van der Waals surface area contributed by atoms with E-state index in [1.807, 2.05) is 19.0 Å². The lowest BCUT2D eigenvalue weighted by molar-refractivity contribution is 0.0385. The number of nitrogens with one attached hydrogen (secondary N) is 2. The zero-order valence-corrected chi connectivity index (χ0v) is 10.8. The Kier molecular flexibility index (Phi) is 4.30. The summed E-state index contributed by atoms with van der Waals surface area (Å²) in [5.41, 5.74) is -1.07. The smallest absolute Gasteiger partial charge is 0.277 e. The zero-order valence-electron chi connectivity index (χ0n) is 10.0. The Bertz CT molecular complexity index is 323. The quantitative estimate of drug-likeness (QED) is 0.536. The lowest BCUT2D eigenvalue weighted by Crippen LogP contribution is -2.49. The predicted molar refractivity (Wildman–Crippen MR) is 62.3 cm³/mol. The second kappa shape index (κ2) is 4.97. The number of nitrogens with zero attached hydrogens (tertiary/aromatic N) is 1. The number of hydrogen-bond acceptors (Lipinski definition) is 4. The van der Waals surface area contributed by atoms with Crippen LogP contribution in [0.3, 0.4) is 0 Å². The molecule has 0 bridgehead atoms. The first-order valence-corrected chi connectivity index (χ1v) is 6.82. The summed E-state index contributed by atoms with van der Waals surface area (Å²) in [7, 11) is 0.184. The molecule has 1 aliphatic rings. The lowest BCUT2D eigenvalue weighted by atomic mass is 10.1. The Morgan fingerprint density at radius 2 is 2.00 bits per heavy atom. The summed E-state index contributed by atoms with van der Waals surface area (Å²) in [4.78, 5) is 1.81. The maximum Gasteiger partial charge on any atom is 0.277 e. The second-order valence-corrected chi connectivity index (χ2v) is 6.48. The van der Waals surface area contributed by atoms with Gasteiger partial charge in [-0.1, -0.05) is 0 Å². The Morgan fingerprint density at radius 1 is 1.44 bits per heavy atom. The molecule has 0 amide bonds. The van der Waals surface area contributed by atoms with Gasteiger partial charge in [0, 0.05) is 19.1 Å². The fraction of sp³-hybridized carbons (Fsp3) is 1.00. The molecule has 7 heteroatoms. The van der Waals surface area contributed by atoms with E-state index in [9.17, 15) is 13.5 Å². The Hall–Kier alpha value is -0.210. The first-order valence-electron chi connectivity index (χ1n) is 5.34. The van der Waals surface area contributed by atoms with Crippen molar-refractivity contribution in [2.75, 3.05) is 27.2 Å². The Morgan fingerprint density at radius 3 is 2.44 bits per heavy atom. The number of rotatable bonds is 7. The molecule has 1 atom stereocenters. The van der Waals surface area contributed by atoms with E-state index >= 15 is 0 Å². The van der Waals surface area contributed by atoms with Gasteiger partial charge >= 0.3 is 0 Å². The van der Waals surface area contributed by atoms with Crippen LogP contribution in [0, 0.1) is 0 Å². The minimum atomic E-state index is -3.47. The van der Waals surface area contributed by atoms with Crippen molar-refractivity contribution in [1.82, 2.24) is 14.3 Å². The summed E-state index contributed by atoms with van der Waals surface area (Å²) in [6.07, 6.45) is 1.80. The summed E-state index contributed by atoms with van der Waals surface area (Å²) < 4.78 is 27.8. The number of hydrogen-bond donors (Lipinski definition) is 3. The fourth-order valence-corrected chi connectivity index (χ4v) is 2.71. The second-order valence-electron chi connectivity index (χ2n) is 4.95. The summed E-state index contributed by atoms with van der Waals surface area (Å²) in [6.45, 7) is 2.01. The van der Waals surface area contributed by atoms with E-state index in [4.69, 9.17) is 0 Å². The van der Waals surface area contributed by atoms with Crippen LogP contribution in [0.4, 0.5) is 0 Å². The molecule has 0 aliphatic heterocycles. The molecule has 0 aromatic carbocycles. The van der Waals surface area contributed by atoms with Crippen molar-refractivity contribution in [3.05, 3.63) is 0 Å². The van der Waals surface area contributed by atoms with Crippen LogP contribution in [-0.2, 0) is 10.2 Å². The third-order valence-corrected chi connectivity index (χ3v) is 3.37. The van der Waals surface area contributed by atoms with E-state index in [2.05, 4.69) is 9.44 Å². The minimum absolute atomic E-state index is 0.00718. The van der Waals surface area contributed by atoms with Crippen molar-refractivity contribution in [2.24, 2.45) is 0 Å². The number of likely N-dealkylation sites (N-methyl/N-ethyl adjacent to an activating group) is 1. The van der Waals surface area contributed by atoms with Gasteiger partial charge in [0.05, 0.1) is 5.60 Å². The minimum Gasteiger partial charge on any atom is -0.387 e. The SMILES string of the molecule is CN(C)CC(C)(O)CNS(=O)(=O)NC1CC1. The Labute approximate surface area is 97.2 Å². The molecular formula is C9H21N3O3S. The molecule has 0 saturated heterocycles. The van der Waals surface area contributed by atoms with Gasteiger partial charge in [0.1, 0.15) is 0 Å². The van der Waals surface area contributed by atoms with Crippen LogP contribution in [0.15, 0.2) is 0 Å². The highest BCUT2D eigenvalue weighted by molar-refractivity contribution is 7.87. The highest BCUT2D eigenvalue weighted by atomic mass is 32.2. The van der Waals surface area contributed by atoms with Gasteiger partial charge in [-0.2, -0.15) is 17.9 Å². The third-order valence-electron chi connectivity index (χ3n) is 2.20. The number of aliphatic hydroxyl groups is 1. The van der Waals surface area contributed by atoms with Crippen LogP contribution in [0.1, 0.15) is 19.8 Å². The topological polar surface area (TPSA) is 81.7 Å². The van der Waals surface area contributed by atoms with Gasteiger partial charge in [-0.05, 0) is 33.9 Å². The molecule has 1 saturated carbocycles. The van der Waals surface area contributed by atoms with E-state index in [-0.39, 0.29) is 12.6 Å². The van der Waals surface area contributed by atoms with Crippen LogP contribution < -0.4 is 9.44 Å². The average Bonchev–Trinajstić information content (AvgIpc) is 2.82. The van der Waals surface area contributed by atoms with Crippen molar-refractivity contribution < 1.29 is 13.5 Å². The van der Waals surface area contributed by atoms with Crippen LogP contribution in [-0.4, -0.2) is 57.3 Å². The molecule has 6 nitrogen and oxygen atoms in total. The molecule has 1 unspecified atom stereocenters. The van der Waals surface area contributed by atoms with Gasteiger partial charge in [0.2, 0.25) is 0 Å². The van der Waals surface area contributed by atoms with Gasteiger partial charge < -0.3 is 10.0 Å². The first kappa shape index (κ1) is 13.9. The zero-order chi connectivity index (χ0) is 12.4. The van der Waals surface area contributed by atoms with Crippen LogP contribution >= 0.6 is 0 Å². The summed E-state index contributed by atoms with van der Waals surface area (Å²) in [5, 5.41) is 9.90. The van der Waals surface area contributed by atoms with Crippen LogP contribution in [0.25, 0.3) is 0 Å². The van der Waals surface area contributed by atoms with Gasteiger partial charge in [-0.25, -0.2) is 0 Å². The maximum atomic E-state index is 11.5. The Balaban J connectivity index is 2.36. The van der Waals surface area contributed by atoms with Crippen molar-refractivity contribution in [3.8, 4) is 0 Å². The molecule has 96 valence electrons. The fourth-order valence-electron chi connectivity index (χ4n) is 1.45. The van der Waals surface area contributed by atoms with Crippen molar-refractivity contribution in [1.29, 1.82) is 0 Å². The molecule has 0 aromatic rings. The first-order chi connectivity index (χ1) is 7.20. The lowest BCUT2D eigenvalue weighted by Gasteiger charge is -2.27. The van der Waals surface area contributed by atoms with E-state index in [0.29, 0.717) is 6.54 Å². The molecule has 0 spiro atoms. The predicted octanol–water partition coefficient (Wildman–Crippen LogP) is -1.11. The van der Waals surface area contributed by atoms with Crippen LogP contribution in [0.2, 0.25) is 0 Å². The maximum absolute atomic E-state index is 11.5. The van der Waals surface area contributed by atoms with Gasteiger partial charge in [-0.3, -0.25) is 0 Å². The molecular weight excluding hydrogens is 230 g/mol. The molecule has 0 aromatic heterocycles. The average molecular weight is 251 g/mol. The molecule has 3 N–H and O–H groups in total. The molecule has 1 rings (SSSR count). The van der Waals surface area contributed by atoms with Crippen molar-refractivity contribution >= 4 is 10.2 Å². The van der Waals surface area contributed by atoms with E-state index in [1.54, 1.807) is 6.92 Å². The van der Waals surface area contributed by atoms with E-state index < -0.39 is 15.8 Å². The van der Waals surface area contributed by atoms with Gasteiger partial charge in [0.15, 0.2) is 0 Å². The highest BCUT2D eigenvalue weighted by Gasteiger charge is 2.29. The molecule has 0 radical (unpaired) electrons. The molecule has 1 fully saturated rings. The summed E-state index contributed by atoms with van der Waals surface area (Å²) >= 11 is 0. The highest BCUT2D eigenvalue weighted by Crippen LogP contribution is 2.19. The van der Waals surface area contributed by atoms with Gasteiger partial charge in [0.25, 0.3) is 10.2 Å².